The maximum atomic E-state index is 13.7. The van der Waals surface area contributed by atoms with E-state index >= 15 is 0 Å². The monoisotopic (exact) mass is 445 g/mol. The molecule has 6 nitrogen and oxygen atoms in total. The molecule has 1 fully saturated rings. The van der Waals surface area contributed by atoms with Gasteiger partial charge >= 0.3 is 0 Å². The molecule has 1 atom stereocenters. The SMILES string of the molecule is CCOc1ccc(C2c3c(-c4ccccc4)n[nH]c3C(=O)N2C2CCCCC2)cc1OCC. The summed E-state index contributed by atoms with van der Waals surface area (Å²) in [6, 6.07) is 16.2. The first-order valence-corrected chi connectivity index (χ1v) is 12.1. The molecule has 1 aliphatic heterocycles. The van der Waals surface area contributed by atoms with Crippen LogP contribution in [0.15, 0.2) is 48.5 Å². The van der Waals surface area contributed by atoms with E-state index in [-0.39, 0.29) is 18.0 Å². The number of aromatic nitrogens is 2. The summed E-state index contributed by atoms with van der Waals surface area (Å²) in [5, 5.41) is 7.67. The van der Waals surface area contributed by atoms with Crippen molar-refractivity contribution in [3.8, 4) is 22.8 Å². The number of amides is 1. The highest BCUT2D eigenvalue weighted by Crippen LogP contribution is 2.47. The molecule has 1 saturated carbocycles. The molecule has 3 aromatic rings. The number of ether oxygens (including phenoxy) is 2. The van der Waals surface area contributed by atoms with Gasteiger partial charge in [0, 0.05) is 17.2 Å². The third kappa shape index (κ3) is 3.88. The number of fused-ring (bicyclic) bond motifs is 1. The number of rotatable bonds is 7. The second-order valence-electron chi connectivity index (χ2n) is 8.71. The second kappa shape index (κ2) is 9.30. The van der Waals surface area contributed by atoms with Crippen LogP contribution in [0.5, 0.6) is 11.5 Å². The lowest BCUT2D eigenvalue weighted by molar-refractivity contribution is 0.0606. The van der Waals surface area contributed by atoms with Crippen molar-refractivity contribution in [3.05, 3.63) is 65.4 Å². The molecule has 1 amide bonds. The van der Waals surface area contributed by atoms with E-state index < -0.39 is 0 Å². The minimum Gasteiger partial charge on any atom is -0.490 e. The highest BCUT2D eigenvalue weighted by Gasteiger charge is 2.45. The van der Waals surface area contributed by atoms with Crippen LogP contribution in [-0.2, 0) is 0 Å². The first-order valence-electron chi connectivity index (χ1n) is 12.1. The molecule has 33 heavy (non-hydrogen) atoms. The van der Waals surface area contributed by atoms with Gasteiger partial charge in [0.05, 0.1) is 24.9 Å². The number of H-pyrrole nitrogens is 1. The van der Waals surface area contributed by atoms with Gasteiger partial charge in [-0.3, -0.25) is 9.89 Å². The molecule has 0 spiro atoms. The van der Waals surface area contributed by atoms with Gasteiger partial charge < -0.3 is 14.4 Å². The van der Waals surface area contributed by atoms with Gasteiger partial charge in [0.2, 0.25) is 0 Å². The zero-order valence-electron chi connectivity index (χ0n) is 19.3. The van der Waals surface area contributed by atoms with Gasteiger partial charge in [0.15, 0.2) is 11.5 Å². The molecule has 1 aliphatic carbocycles. The lowest BCUT2D eigenvalue weighted by atomic mass is 9.91. The fraction of sp³-hybridized carbons (Fsp3) is 0.407. The Kier molecular flexibility index (Phi) is 6.07. The predicted octanol–water partition coefficient (Wildman–Crippen LogP) is 5.75. The van der Waals surface area contributed by atoms with Crippen molar-refractivity contribution in [3.63, 3.8) is 0 Å². The van der Waals surface area contributed by atoms with Crippen LogP contribution in [0, 0.1) is 0 Å². The number of hydrogen-bond donors (Lipinski definition) is 1. The molecule has 1 aromatic heterocycles. The number of aromatic amines is 1. The van der Waals surface area contributed by atoms with Gasteiger partial charge in [0.25, 0.3) is 5.91 Å². The number of benzene rings is 2. The van der Waals surface area contributed by atoms with Gasteiger partial charge in [-0.15, -0.1) is 0 Å². The third-order valence-electron chi connectivity index (χ3n) is 6.70. The number of hydrogen-bond acceptors (Lipinski definition) is 4. The van der Waals surface area contributed by atoms with Crippen LogP contribution in [0.2, 0.25) is 0 Å². The molecule has 2 heterocycles. The number of carbonyl (C=O) groups excluding carboxylic acids is 1. The van der Waals surface area contributed by atoms with Crippen LogP contribution in [0.1, 0.15) is 73.6 Å². The molecule has 0 radical (unpaired) electrons. The first-order chi connectivity index (χ1) is 16.2. The summed E-state index contributed by atoms with van der Waals surface area (Å²) in [6.07, 6.45) is 5.63. The van der Waals surface area contributed by atoms with E-state index in [2.05, 4.69) is 21.2 Å². The summed E-state index contributed by atoms with van der Waals surface area (Å²) < 4.78 is 11.7. The molecule has 1 unspecified atom stereocenters. The Labute approximate surface area is 194 Å². The molecule has 5 rings (SSSR count). The van der Waals surface area contributed by atoms with Crippen LogP contribution in [0.3, 0.4) is 0 Å². The van der Waals surface area contributed by atoms with E-state index in [0.29, 0.717) is 24.7 Å². The fourth-order valence-corrected chi connectivity index (χ4v) is 5.28. The molecule has 172 valence electrons. The van der Waals surface area contributed by atoms with E-state index in [9.17, 15) is 4.79 Å². The lowest BCUT2D eigenvalue weighted by Gasteiger charge is -2.36. The predicted molar refractivity (Wildman–Crippen MR) is 128 cm³/mol. The minimum absolute atomic E-state index is 0.0448. The van der Waals surface area contributed by atoms with E-state index in [1.165, 1.54) is 6.42 Å². The largest absolute Gasteiger partial charge is 0.490 e. The van der Waals surface area contributed by atoms with Crippen molar-refractivity contribution in [2.75, 3.05) is 13.2 Å². The summed E-state index contributed by atoms with van der Waals surface area (Å²) in [7, 11) is 0. The highest BCUT2D eigenvalue weighted by atomic mass is 16.5. The molecule has 1 N–H and O–H groups in total. The summed E-state index contributed by atoms with van der Waals surface area (Å²) in [5.74, 6) is 1.49. The van der Waals surface area contributed by atoms with Crippen molar-refractivity contribution in [1.82, 2.24) is 15.1 Å². The van der Waals surface area contributed by atoms with Crippen molar-refractivity contribution < 1.29 is 14.3 Å². The van der Waals surface area contributed by atoms with Crippen LogP contribution in [0.4, 0.5) is 0 Å². The van der Waals surface area contributed by atoms with E-state index in [0.717, 1.165) is 53.8 Å². The highest BCUT2D eigenvalue weighted by molar-refractivity contribution is 6.00. The van der Waals surface area contributed by atoms with Gasteiger partial charge in [-0.1, -0.05) is 55.7 Å². The molecule has 0 bridgehead atoms. The van der Waals surface area contributed by atoms with Crippen LogP contribution in [0.25, 0.3) is 11.3 Å². The zero-order valence-corrected chi connectivity index (χ0v) is 19.3. The normalized spacial score (nSPS) is 18.4. The summed E-state index contributed by atoms with van der Waals surface area (Å²) in [4.78, 5) is 15.8. The van der Waals surface area contributed by atoms with E-state index in [1.807, 2.05) is 56.3 Å². The average molecular weight is 446 g/mol. The van der Waals surface area contributed by atoms with Crippen molar-refractivity contribution in [2.24, 2.45) is 0 Å². The van der Waals surface area contributed by atoms with Crippen LogP contribution >= 0.6 is 0 Å². The topological polar surface area (TPSA) is 67.5 Å². The summed E-state index contributed by atoms with van der Waals surface area (Å²) in [6.45, 7) is 5.05. The average Bonchev–Trinajstić information content (AvgIpc) is 3.41. The Morgan fingerprint density at radius 3 is 2.42 bits per heavy atom. The molecule has 0 saturated heterocycles. The minimum atomic E-state index is -0.209. The maximum absolute atomic E-state index is 13.7. The Bertz CT molecular complexity index is 1120. The zero-order chi connectivity index (χ0) is 22.8. The van der Waals surface area contributed by atoms with Gasteiger partial charge in [-0.2, -0.15) is 5.10 Å². The Balaban J connectivity index is 1.65. The van der Waals surface area contributed by atoms with Gasteiger partial charge in [-0.05, 0) is 44.4 Å². The standard InChI is InChI=1S/C27H31N3O3/c1-3-32-21-16-15-19(17-22(21)33-4-2)26-23-24(18-11-7-5-8-12-18)28-29-25(23)27(31)30(26)20-13-9-6-10-14-20/h5,7-8,11-12,15-17,20,26H,3-4,6,9-10,13-14H2,1-2H3,(H,28,29). The molecule has 2 aliphatic rings. The lowest BCUT2D eigenvalue weighted by Crippen LogP contribution is -2.40. The van der Waals surface area contributed by atoms with Crippen molar-refractivity contribution in [2.45, 2.75) is 58.0 Å². The quantitative estimate of drug-likeness (QED) is 0.503. The Hall–Kier alpha value is -3.28. The summed E-state index contributed by atoms with van der Waals surface area (Å²) in [5.41, 5.74) is 4.45. The van der Waals surface area contributed by atoms with Crippen molar-refractivity contribution in [1.29, 1.82) is 0 Å². The maximum Gasteiger partial charge on any atom is 0.273 e. The summed E-state index contributed by atoms with van der Waals surface area (Å²) >= 11 is 0. The Morgan fingerprint density at radius 2 is 1.70 bits per heavy atom. The first kappa shape index (κ1) is 21.6. The smallest absolute Gasteiger partial charge is 0.273 e. The van der Waals surface area contributed by atoms with Crippen molar-refractivity contribution >= 4 is 5.91 Å². The third-order valence-corrected chi connectivity index (χ3v) is 6.70. The number of nitrogens with one attached hydrogen (secondary N) is 1. The molecular formula is C27H31N3O3. The molecule has 2 aromatic carbocycles. The van der Waals surface area contributed by atoms with E-state index in [1.54, 1.807) is 0 Å². The molecular weight excluding hydrogens is 414 g/mol. The van der Waals surface area contributed by atoms with Crippen LogP contribution < -0.4 is 9.47 Å². The van der Waals surface area contributed by atoms with Gasteiger partial charge in [0.1, 0.15) is 5.69 Å². The van der Waals surface area contributed by atoms with E-state index in [4.69, 9.17) is 9.47 Å². The second-order valence-corrected chi connectivity index (χ2v) is 8.71. The Morgan fingerprint density at radius 1 is 0.970 bits per heavy atom. The van der Waals surface area contributed by atoms with Gasteiger partial charge in [-0.25, -0.2) is 0 Å². The number of nitrogens with zero attached hydrogens (tertiary/aromatic N) is 2. The molecule has 6 heteroatoms. The van der Waals surface area contributed by atoms with Crippen LogP contribution in [-0.4, -0.2) is 40.3 Å². The number of carbonyl (C=O) groups is 1. The fourth-order valence-electron chi connectivity index (χ4n) is 5.28.